The standard InChI is InChI=1S/C11H11NO/c1-8-10(7-12-11(8)13)9-5-3-2-4-6-9/h2-6H,7H2,1H3,(H,12,13). The van der Waals surface area contributed by atoms with E-state index in [-0.39, 0.29) is 5.91 Å². The van der Waals surface area contributed by atoms with Crippen LogP contribution in [0, 0.1) is 0 Å². The van der Waals surface area contributed by atoms with Crippen LogP contribution in [-0.4, -0.2) is 12.5 Å². The van der Waals surface area contributed by atoms with Gasteiger partial charge in [0.05, 0.1) is 0 Å². The van der Waals surface area contributed by atoms with E-state index in [1.54, 1.807) is 0 Å². The van der Waals surface area contributed by atoms with E-state index in [0.717, 1.165) is 16.7 Å². The van der Waals surface area contributed by atoms with Gasteiger partial charge in [-0.15, -0.1) is 0 Å². The van der Waals surface area contributed by atoms with E-state index in [2.05, 4.69) is 5.32 Å². The lowest BCUT2D eigenvalue weighted by molar-refractivity contribution is -0.116. The summed E-state index contributed by atoms with van der Waals surface area (Å²) in [6.45, 7) is 2.53. The van der Waals surface area contributed by atoms with Crippen molar-refractivity contribution >= 4 is 11.5 Å². The highest BCUT2D eigenvalue weighted by Gasteiger charge is 2.18. The zero-order valence-corrected chi connectivity index (χ0v) is 7.50. The highest BCUT2D eigenvalue weighted by atomic mass is 16.1. The minimum Gasteiger partial charge on any atom is -0.348 e. The summed E-state index contributed by atoms with van der Waals surface area (Å²) < 4.78 is 0. The van der Waals surface area contributed by atoms with Gasteiger partial charge in [0.2, 0.25) is 5.91 Å². The van der Waals surface area contributed by atoms with Crippen LogP contribution in [0.1, 0.15) is 12.5 Å². The molecule has 1 aromatic rings. The van der Waals surface area contributed by atoms with Crippen LogP contribution >= 0.6 is 0 Å². The van der Waals surface area contributed by atoms with Crippen LogP contribution < -0.4 is 5.32 Å². The molecule has 2 rings (SSSR count). The summed E-state index contributed by atoms with van der Waals surface area (Å²) in [5, 5.41) is 2.80. The van der Waals surface area contributed by atoms with E-state index in [9.17, 15) is 4.79 Å². The molecular weight excluding hydrogens is 162 g/mol. The average molecular weight is 173 g/mol. The average Bonchev–Trinajstić information content (AvgIpc) is 2.49. The van der Waals surface area contributed by atoms with Crippen molar-refractivity contribution in [1.29, 1.82) is 0 Å². The van der Waals surface area contributed by atoms with Crippen LogP contribution in [0.5, 0.6) is 0 Å². The van der Waals surface area contributed by atoms with E-state index >= 15 is 0 Å². The summed E-state index contributed by atoms with van der Waals surface area (Å²) in [6, 6.07) is 10.00. The lowest BCUT2D eigenvalue weighted by Crippen LogP contribution is -2.16. The minimum atomic E-state index is 0.0545. The van der Waals surface area contributed by atoms with Crippen molar-refractivity contribution in [2.45, 2.75) is 6.92 Å². The molecule has 0 saturated heterocycles. The monoisotopic (exact) mass is 173 g/mol. The van der Waals surface area contributed by atoms with E-state index in [4.69, 9.17) is 0 Å². The van der Waals surface area contributed by atoms with Crippen LogP contribution in [0.3, 0.4) is 0 Å². The van der Waals surface area contributed by atoms with Gasteiger partial charge >= 0.3 is 0 Å². The van der Waals surface area contributed by atoms with Gasteiger partial charge in [0.1, 0.15) is 0 Å². The number of benzene rings is 1. The van der Waals surface area contributed by atoms with E-state index in [1.807, 2.05) is 37.3 Å². The lowest BCUT2D eigenvalue weighted by atomic mass is 10.0. The van der Waals surface area contributed by atoms with Gasteiger partial charge in [0.15, 0.2) is 0 Å². The Hall–Kier alpha value is -1.57. The minimum absolute atomic E-state index is 0.0545. The van der Waals surface area contributed by atoms with Crippen molar-refractivity contribution in [2.75, 3.05) is 6.54 Å². The molecule has 0 radical (unpaired) electrons. The Balaban J connectivity index is 2.43. The summed E-state index contributed by atoms with van der Waals surface area (Å²) in [7, 11) is 0. The Morgan fingerprint density at radius 1 is 1.23 bits per heavy atom. The lowest BCUT2D eigenvalue weighted by Gasteiger charge is -2.00. The van der Waals surface area contributed by atoms with Gasteiger partial charge in [-0.3, -0.25) is 4.79 Å². The largest absolute Gasteiger partial charge is 0.348 e. The first-order valence-electron chi connectivity index (χ1n) is 4.32. The smallest absolute Gasteiger partial charge is 0.247 e. The summed E-state index contributed by atoms with van der Waals surface area (Å²) in [6.07, 6.45) is 0. The molecule has 0 unspecified atom stereocenters. The number of carbonyl (C=O) groups excluding carboxylic acids is 1. The van der Waals surface area contributed by atoms with Crippen molar-refractivity contribution < 1.29 is 4.79 Å². The van der Waals surface area contributed by atoms with E-state index in [0.29, 0.717) is 6.54 Å². The molecule has 1 aromatic carbocycles. The number of nitrogens with one attached hydrogen (secondary N) is 1. The summed E-state index contributed by atoms with van der Waals surface area (Å²) in [5.74, 6) is 0.0545. The normalized spacial score (nSPS) is 16.2. The third kappa shape index (κ3) is 1.35. The third-order valence-electron chi connectivity index (χ3n) is 2.34. The van der Waals surface area contributed by atoms with E-state index in [1.165, 1.54) is 0 Å². The molecule has 1 aliphatic heterocycles. The molecule has 1 heterocycles. The number of rotatable bonds is 1. The Morgan fingerprint density at radius 3 is 2.46 bits per heavy atom. The Bertz CT molecular complexity index is 365. The second-order valence-electron chi connectivity index (χ2n) is 3.15. The summed E-state index contributed by atoms with van der Waals surface area (Å²) in [4.78, 5) is 11.2. The first kappa shape index (κ1) is 8.05. The molecule has 0 fully saturated rings. The highest BCUT2D eigenvalue weighted by molar-refractivity contribution is 6.05. The van der Waals surface area contributed by atoms with Gasteiger partial charge in [-0.2, -0.15) is 0 Å². The van der Waals surface area contributed by atoms with Gasteiger partial charge < -0.3 is 5.32 Å². The molecule has 0 spiro atoms. The SMILES string of the molecule is CC1=C(c2ccccc2)CNC1=O. The van der Waals surface area contributed by atoms with Gasteiger partial charge in [-0.25, -0.2) is 0 Å². The fourth-order valence-corrected chi connectivity index (χ4v) is 1.53. The zero-order chi connectivity index (χ0) is 9.26. The predicted molar refractivity (Wildman–Crippen MR) is 52.0 cm³/mol. The molecule has 0 aromatic heterocycles. The van der Waals surface area contributed by atoms with Crippen molar-refractivity contribution in [3.05, 3.63) is 41.5 Å². The second-order valence-corrected chi connectivity index (χ2v) is 3.15. The van der Waals surface area contributed by atoms with Gasteiger partial charge in [0.25, 0.3) is 0 Å². The maximum atomic E-state index is 11.2. The maximum absolute atomic E-state index is 11.2. The molecule has 0 atom stereocenters. The molecule has 1 amide bonds. The first-order valence-corrected chi connectivity index (χ1v) is 4.32. The van der Waals surface area contributed by atoms with Crippen LogP contribution in [-0.2, 0) is 4.79 Å². The molecule has 0 bridgehead atoms. The topological polar surface area (TPSA) is 29.1 Å². The number of hydrogen-bond acceptors (Lipinski definition) is 1. The van der Waals surface area contributed by atoms with E-state index < -0.39 is 0 Å². The summed E-state index contributed by atoms with van der Waals surface area (Å²) >= 11 is 0. The maximum Gasteiger partial charge on any atom is 0.247 e. The fraction of sp³-hybridized carbons (Fsp3) is 0.182. The van der Waals surface area contributed by atoms with Gasteiger partial charge in [0, 0.05) is 12.1 Å². The quantitative estimate of drug-likeness (QED) is 0.686. The Kier molecular flexibility index (Phi) is 1.89. The van der Waals surface area contributed by atoms with Crippen molar-refractivity contribution in [3.63, 3.8) is 0 Å². The predicted octanol–water partition coefficient (Wildman–Crippen LogP) is 1.59. The second kappa shape index (κ2) is 3.05. The number of carbonyl (C=O) groups is 1. The van der Waals surface area contributed by atoms with Crippen LogP contribution in [0.25, 0.3) is 5.57 Å². The van der Waals surface area contributed by atoms with Gasteiger partial charge in [-0.1, -0.05) is 30.3 Å². The molecular formula is C11H11NO. The number of amides is 1. The molecule has 1 aliphatic rings. The molecule has 0 saturated carbocycles. The van der Waals surface area contributed by atoms with Crippen molar-refractivity contribution in [2.24, 2.45) is 0 Å². The summed E-state index contributed by atoms with van der Waals surface area (Å²) in [5.41, 5.74) is 3.09. The first-order chi connectivity index (χ1) is 6.29. The molecule has 13 heavy (non-hydrogen) atoms. The van der Waals surface area contributed by atoms with Crippen LogP contribution in [0.15, 0.2) is 35.9 Å². The Labute approximate surface area is 77.3 Å². The van der Waals surface area contributed by atoms with Crippen LogP contribution in [0.2, 0.25) is 0 Å². The molecule has 1 N–H and O–H groups in total. The molecule has 0 aliphatic carbocycles. The zero-order valence-electron chi connectivity index (χ0n) is 7.50. The third-order valence-corrected chi connectivity index (χ3v) is 2.34. The molecule has 2 heteroatoms. The Morgan fingerprint density at radius 2 is 1.92 bits per heavy atom. The van der Waals surface area contributed by atoms with Gasteiger partial charge in [-0.05, 0) is 18.1 Å². The molecule has 66 valence electrons. The van der Waals surface area contributed by atoms with Crippen molar-refractivity contribution in [1.82, 2.24) is 5.32 Å². The highest BCUT2D eigenvalue weighted by Crippen LogP contribution is 2.21. The number of hydrogen-bond donors (Lipinski definition) is 1. The van der Waals surface area contributed by atoms with Crippen LogP contribution in [0.4, 0.5) is 0 Å². The van der Waals surface area contributed by atoms with Crippen molar-refractivity contribution in [3.8, 4) is 0 Å². The fourth-order valence-electron chi connectivity index (χ4n) is 1.53. The molecule has 2 nitrogen and oxygen atoms in total.